The smallest absolute Gasteiger partial charge is 0.231 e. The predicted octanol–water partition coefficient (Wildman–Crippen LogP) is 0.962. The molecule has 1 saturated heterocycles. The van der Waals surface area contributed by atoms with Crippen molar-refractivity contribution < 1.29 is 4.79 Å². The minimum absolute atomic E-state index is 0. The number of hydrogen-bond acceptors (Lipinski definition) is 3. The van der Waals surface area contributed by atoms with E-state index in [1.807, 2.05) is 18.2 Å². The first-order valence-electron chi connectivity index (χ1n) is 5.55. The molecule has 1 unspecified atom stereocenters. The Kier molecular flexibility index (Phi) is 7.95. The molecule has 6 heteroatoms. The standard InChI is InChI=1S/C12H17N3O.2ClH/c13-12(16)9-15-7-6-14-8-11(15)10-4-2-1-3-5-10;;/h1-5,11,14H,6-9H2,(H2,13,16);2*1H. The number of rotatable bonds is 3. The van der Waals surface area contributed by atoms with E-state index in [0.29, 0.717) is 6.54 Å². The molecule has 0 saturated carbocycles. The highest BCUT2D eigenvalue weighted by atomic mass is 35.5. The normalized spacial score (nSPS) is 19.4. The molecule has 3 N–H and O–H groups in total. The number of amides is 1. The summed E-state index contributed by atoms with van der Waals surface area (Å²) in [4.78, 5) is 13.1. The molecule has 0 aliphatic carbocycles. The van der Waals surface area contributed by atoms with Gasteiger partial charge in [0.2, 0.25) is 5.91 Å². The summed E-state index contributed by atoms with van der Waals surface area (Å²) < 4.78 is 0. The van der Waals surface area contributed by atoms with E-state index in [2.05, 4.69) is 22.3 Å². The van der Waals surface area contributed by atoms with Crippen molar-refractivity contribution in [2.45, 2.75) is 6.04 Å². The Bertz CT molecular complexity index is 362. The minimum atomic E-state index is -0.261. The lowest BCUT2D eigenvalue weighted by Gasteiger charge is -2.35. The van der Waals surface area contributed by atoms with Crippen LogP contribution < -0.4 is 11.1 Å². The Morgan fingerprint density at radius 2 is 2.00 bits per heavy atom. The van der Waals surface area contributed by atoms with Crippen molar-refractivity contribution in [3.8, 4) is 0 Å². The summed E-state index contributed by atoms with van der Waals surface area (Å²) in [5.41, 5.74) is 6.49. The third-order valence-electron chi connectivity index (χ3n) is 2.90. The van der Waals surface area contributed by atoms with Crippen molar-refractivity contribution in [1.82, 2.24) is 10.2 Å². The van der Waals surface area contributed by atoms with E-state index in [1.54, 1.807) is 0 Å². The zero-order chi connectivity index (χ0) is 11.4. The lowest BCUT2D eigenvalue weighted by atomic mass is 10.0. The first kappa shape index (κ1) is 17.2. The average Bonchev–Trinajstić information content (AvgIpc) is 2.30. The molecule has 1 atom stereocenters. The highest BCUT2D eigenvalue weighted by Gasteiger charge is 2.24. The zero-order valence-corrected chi connectivity index (χ0v) is 11.7. The number of benzene rings is 1. The molecule has 1 aliphatic rings. The Hall–Kier alpha value is -0.810. The fourth-order valence-corrected chi connectivity index (χ4v) is 2.14. The van der Waals surface area contributed by atoms with Gasteiger partial charge in [0, 0.05) is 25.7 Å². The molecule has 0 bridgehead atoms. The van der Waals surface area contributed by atoms with Gasteiger partial charge in [0.15, 0.2) is 0 Å². The van der Waals surface area contributed by atoms with E-state index >= 15 is 0 Å². The molecule has 1 aliphatic heterocycles. The summed E-state index contributed by atoms with van der Waals surface area (Å²) in [6.07, 6.45) is 0. The van der Waals surface area contributed by atoms with Gasteiger partial charge in [0.05, 0.1) is 6.54 Å². The summed E-state index contributed by atoms with van der Waals surface area (Å²) in [6.45, 7) is 2.98. The lowest BCUT2D eigenvalue weighted by Crippen LogP contribution is -2.48. The first-order valence-corrected chi connectivity index (χ1v) is 5.55. The van der Waals surface area contributed by atoms with Crippen molar-refractivity contribution in [1.29, 1.82) is 0 Å². The van der Waals surface area contributed by atoms with Gasteiger partial charge >= 0.3 is 0 Å². The van der Waals surface area contributed by atoms with E-state index in [4.69, 9.17) is 5.73 Å². The molecular formula is C12H19Cl2N3O. The van der Waals surface area contributed by atoms with Gasteiger partial charge in [-0.25, -0.2) is 0 Å². The molecule has 0 spiro atoms. The fraction of sp³-hybridized carbons (Fsp3) is 0.417. The van der Waals surface area contributed by atoms with Crippen LogP contribution in [0.2, 0.25) is 0 Å². The minimum Gasteiger partial charge on any atom is -0.369 e. The summed E-state index contributed by atoms with van der Waals surface area (Å²) in [5, 5.41) is 3.34. The van der Waals surface area contributed by atoms with Gasteiger partial charge in [-0.3, -0.25) is 9.69 Å². The van der Waals surface area contributed by atoms with Crippen LogP contribution in [-0.4, -0.2) is 37.0 Å². The Labute approximate surface area is 120 Å². The summed E-state index contributed by atoms with van der Waals surface area (Å²) in [6, 6.07) is 10.5. The van der Waals surface area contributed by atoms with E-state index in [-0.39, 0.29) is 36.8 Å². The third kappa shape index (κ3) is 4.46. The quantitative estimate of drug-likeness (QED) is 0.872. The number of carbonyl (C=O) groups is 1. The van der Waals surface area contributed by atoms with Crippen molar-refractivity contribution >= 4 is 30.7 Å². The Balaban J connectivity index is 0.00000144. The van der Waals surface area contributed by atoms with Crippen molar-refractivity contribution in [2.75, 3.05) is 26.2 Å². The van der Waals surface area contributed by atoms with Crippen LogP contribution in [0.5, 0.6) is 0 Å². The maximum atomic E-state index is 11.0. The van der Waals surface area contributed by atoms with Crippen LogP contribution in [0.3, 0.4) is 0 Å². The summed E-state index contributed by atoms with van der Waals surface area (Å²) in [5.74, 6) is -0.261. The molecular weight excluding hydrogens is 273 g/mol. The Morgan fingerprint density at radius 1 is 1.33 bits per heavy atom. The number of halogens is 2. The highest BCUT2D eigenvalue weighted by molar-refractivity contribution is 5.85. The number of primary amides is 1. The van der Waals surface area contributed by atoms with E-state index in [9.17, 15) is 4.79 Å². The SMILES string of the molecule is Cl.Cl.NC(=O)CN1CCNCC1c1ccccc1. The molecule has 1 aromatic rings. The average molecular weight is 292 g/mol. The molecule has 1 aromatic carbocycles. The second-order valence-corrected chi connectivity index (χ2v) is 4.07. The van der Waals surface area contributed by atoms with Gasteiger partial charge in [-0.15, -0.1) is 24.8 Å². The van der Waals surface area contributed by atoms with E-state index < -0.39 is 0 Å². The molecule has 102 valence electrons. The topological polar surface area (TPSA) is 58.4 Å². The molecule has 4 nitrogen and oxygen atoms in total. The second-order valence-electron chi connectivity index (χ2n) is 4.07. The van der Waals surface area contributed by atoms with Crippen molar-refractivity contribution in [3.63, 3.8) is 0 Å². The van der Waals surface area contributed by atoms with Crippen LogP contribution >= 0.6 is 24.8 Å². The third-order valence-corrected chi connectivity index (χ3v) is 2.90. The monoisotopic (exact) mass is 291 g/mol. The van der Waals surface area contributed by atoms with Gasteiger partial charge < -0.3 is 11.1 Å². The molecule has 0 aromatic heterocycles. The van der Waals surface area contributed by atoms with Gasteiger partial charge in [0.25, 0.3) is 0 Å². The fourth-order valence-electron chi connectivity index (χ4n) is 2.14. The van der Waals surface area contributed by atoms with E-state index in [0.717, 1.165) is 19.6 Å². The van der Waals surface area contributed by atoms with E-state index in [1.165, 1.54) is 5.56 Å². The zero-order valence-electron chi connectivity index (χ0n) is 10.0. The van der Waals surface area contributed by atoms with Crippen LogP contribution in [0.25, 0.3) is 0 Å². The summed E-state index contributed by atoms with van der Waals surface area (Å²) >= 11 is 0. The molecule has 0 radical (unpaired) electrons. The second kappa shape index (κ2) is 8.32. The lowest BCUT2D eigenvalue weighted by molar-refractivity contribution is -0.119. The number of hydrogen-bond donors (Lipinski definition) is 2. The van der Waals surface area contributed by atoms with Gasteiger partial charge in [-0.05, 0) is 5.56 Å². The Morgan fingerprint density at radius 3 is 2.61 bits per heavy atom. The van der Waals surface area contributed by atoms with Crippen molar-refractivity contribution in [3.05, 3.63) is 35.9 Å². The molecule has 1 amide bonds. The largest absolute Gasteiger partial charge is 0.369 e. The number of nitrogens with one attached hydrogen (secondary N) is 1. The van der Waals surface area contributed by atoms with Crippen LogP contribution in [0.15, 0.2) is 30.3 Å². The maximum Gasteiger partial charge on any atom is 0.231 e. The molecule has 2 rings (SSSR count). The van der Waals surface area contributed by atoms with Gasteiger partial charge in [0.1, 0.15) is 0 Å². The number of nitrogens with two attached hydrogens (primary N) is 1. The maximum absolute atomic E-state index is 11.0. The number of nitrogens with zero attached hydrogens (tertiary/aromatic N) is 1. The van der Waals surface area contributed by atoms with Crippen LogP contribution in [0.1, 0.15) is 11.6 Å². The molecule has 18 heavy (non-hydrogen) atoms. The van der Waals surface area contributed by atoms with Crippen LogP contribution in [0, 0.1) is 0 Å². The summed E-state index contributed by atoms with van der Waals surface area (Å²) in [7, 11) is 0. The number of carbonyl (C=O) groups excluding carboxylic acids is 1. The van der Waals surface area contributed by atoms with Crippen LogP contribution in [0.4, 0.5) is 0 Å². The predicted molar refractivity (Wildman–Crippen MR) is 77.3 cm³/mol. The molecule has 1 heterocycles. The van der Waals surface area contributed by atoms with Gasteiger partial charge in [-0.2, -0.15) is 0 Å². The van der Waals surface area contributed by atoms with Crippen LogP contribution in [-0.2, 0) is 4.79 Å². The highest BCUT2D eigenvalue weighted by Crippen LogP contribution is 2.21. The van der Waals surface area contributed by atoms with Crippen molar-refractivity contribution in [2.24, 2.45) is 5.73 Å². The first-order chi connectivity index (χ1) is 7.77. The molecule has 1 fully saturated rings. The van der Waals surface area contributed by atoms with Gasteiger partial charge in [-0.1, -0.05) is 30.3 Å². The number of piperazine rings is 1.